The van der Waals surface area contributed by atoms with Crippen molar-refractivity contribution in [3.63, 3.8) is 0 Å². The molecule has 0 saturated carbocycles. The molecule has 0 saturated heterocycles. The van der Waals surface area contributed by atoms with Gasteiger partial charge in [-0.3, -0.25) is 0 Å². The third-order valence-electron chi connectivity index (χ3n) is 2.64. The van der Waals surface area contributed by atoms with E-state index in [1.54, 1.807) is 13.0 Å². The molecule has 0 aliphatic heterocycles. The summed E-state index contributed by atoms with van der Waals surface area (Å²) in [5.74, 6) is 0.662. The van der Waals surface area contributed by atoms with Crippen molar-refractivity contribution in [3.8, 4) is 5.75 Å². The smallest absolute Gasteiger partial charge is 0.125 e. The van der Waals surface area contributed by atoms with Gasteiger partial charge in [0.25, 0.3) is 0 Å². The van der Waals surface area contributed by atoms with Crippen LogP contribution in [0.4, 0.5) is 4.39 Å². The van der Waals surface area contributed by atoms with Crippen LogP contribution in [-0.4, -0.2) is 11.7 Å². The maximum Gasteiger partial charge on any atom is 0.125 e. The summed E-state index contributed by atoms with van der Waals surface area (Å²) >= 11 is 0. The lowest BCUT2D eigenvalue weighted by molar-refractivity contribution is 0.186. The van der Waals surface area contributed by atoms with E-state index >= 15 is 0 Å². The first-order valence-electron chi connectivity index (χ1n) is 5.64. The van der Waals surface area contributed by atoms with E-state index in [9.17, 15) is 9.50 Å². The highest BCUT2D eigenvalue weighted by Crippen LogP contribution is 2.26. The molecule has 90 valence electrons. The number of halogens is 1. The van der Waals surface area contributed by atoms with Gasteiger partial charge in [-0.15, -0.1) is 0 Å². The molecular formula is C13H19FO2. The molecule has 1 aromatic rings. The maximum absolute atomic E-state index is 13.0. The molecule has 0 heterocycles. The average Bonchev–Trinajstić information content (AvgIpc) is 2.26. The SMILES string of the molecule is CCC(C)COc1ccc(F)cc1[C@@H](C)O. The van der Waals surface area contributed by atoms with E-state index < -0.39 is 6.10 Å². The number of benzene rings is 1. The molecule has 2 atom stereocenters. The molecule has 2 nitrogen and oxygen atoms in total. The maximum atomic E-state index is 13.0. The third-order valence-corrected chi connectivity index (χ3v) is 2.64. The largest absolute Gasteiger partial charge is 0.493 e. The zero-order valence-electron chi connectivity index (χ0n) is 10.0. The minimum Gasteiger partial charge on any atom is -0.493 e. The number of ether oxygens (including phenoxy) is 1. The Balaban J connectivity index is 2.78. The van der Waals surface area contributed by atoms with Gasteiger partial charge in [-0.1, -0.05) is 20.3 Å². The number of aliphatic hydroxyl groups is 1. The fourth-order valence-corrected chi connectivity index (χ4v) is 1.33. The summed E-state index contributed by atoms with van der Waals surface area (Å²) in [6.45, 7) is 6.37. The van der Waals surface area contributed by atoms with Gasteiger partial charge in [0.05, 0.1) is 12.7 Å². The first-order valence-corrected chi connectivity index (χ1v) is 5.64. The van der Waals surface area contributed by atoms with Crippen LogP contribution >= 0.6 is 0 Å². The van der Waals surface area contributed by atoms with Gasteiger partial charge in [0.1, 0.15) is 11.6 Å². The highest BCUT2D eigenvalue weighted by molar-refractivity contribution is 5.35. The van der Waals surface area contributed by atoms with Gasteiger partial charge in [0.2, 0.25) is 0 Å². The molecule has 1 unspecified atom stereocenters. The van der Waals surface area contributed by atoms with E-state index in [1.165, 1.54) is 12.1 Å². The molecule has 0 radical (unpaired) electrons. The average molecular weight is 226 g/mol. The van der Waals surface area contributed by atoms with Crippen molar-refractivity contribution in [2.24, 2.45) is 5.92 Å². The molecule has 0 fully saturated rings. The van der Waals surface area contributed by atoms with Crippen molar-refractivity contribution in [3.05, 3.63) is 29.6 Å². The minimum absolute atomic E-state index is 0.355. The van der Waals surface area contributed by atoms with Gasteiger partial charge in [0.15, 0.2) is 0 Å². The Kier molecular flexibility index (Phi) is 4.74. The zero-order chi connectivity index (χ0) is 12.1. The molecule has 16 heavy (non-hydrogen) atoms. The van der Waals surface area contributed by atoms with Crippen LogP contribution in [0.5, 0.6) is 5.75 Å². The van der Waals surface area contributed by atoms with Crippen LogP contribution in [0.25, 0.3) is 0 Å². The van der Waals surface area contributed by atoms with Crippen LogP contribution in [0.3, 0.4) is 0 Å². The number of aliphatic hydroxyl groups excluding tert-OH is 1. The molecule has 0 aromatic heterocycles. The summed E-state index contributed by atoms with van der Waals surface area (Å²) in [5, 5.41) is 9.50. The highest BCUT2D eigenvalue weighted by atomic mass is 19.1. The standard InChI is InChI=1S/C13H19FO2/c1-4-9(2)8-16-13-6-5-11(14)7-12(13)10(3)15/h5-7,9-10,15H,4,8H2,1-3H3/t9?,10-/m1/s1. The van der Waals surface area contributed by atoms with E-state index in [4.69, 9.17) is 4.74 Å². The topological polar surface area (TPSA) is 29.5 Å². The second kappa shape index (κ2) is 5.85. The Morgan fingerprint density at radius 2 is 2.06 bits per heavy atom. The molecule has 0 bridgehead atoms. The minimum atomic E-state index is -0.720. The fraction of sp³-hybridized carbons (Fsp3) is 0.538. The fourth-order valence-electron chi connectivity index (χ4n) is 1.33. The summed E-state index contributed by atoms with van der Waals surface area (Å²) in [5.41, 5.74) is 0.503. The summed E-state index contributed by atoms with van der Waals surface area (Å²) in [7, 11) is 0. The van der Waals surface area contributed by atoms with Crippen LogP contribution in [0.2, 0.25) is 0 Å². The van der Waals surface area contributed by atoms with Crippen LogP contribution in [0.15, 0.2) is 18.2 Å². The Hall–Kier alpha value is -1.09. The second-order valence-electron chi connectivity index (χ2n) is 4.18. The van der Waals surface area contributed by atoms with Crippen LogP contribution in [0, 0.1) is 11.7 Å². The Morgan fingerprint density at radius 1 is 1.38 bits per heavy atom. The summed E-state index contributed by atoms with van der Waals surface area (Å²) in [6, 6.07) is 4.23. The van der Waals surface area contributed by atoms with E-state index in [-0.39, 0.29) is 5.82 Å². The lowest BCUT2D eigenvalue weighted by atomic mass is 10.1. The van der Waals surface area contributed by atoms with Gasteiger partial charge in [-0.05, 0) is 31.0 Å². The Labute approximate surface area is 96.1 Å². The van der Waals surface area contributed by atoms with Crippen LogP contribution < -0.4 is 4.74 Å². The van der Waals surface area contributed by atoms with Gasteiger partial charge in [-0.2, -0.15) is 0 Å². The van der Waals surface area contributed by atoms with Crippen LogP contribution in [0.1, 0.15) is 38.9 Å². The van der Waals surface area contributed by atoms with Crippen molar-refractivity contribution in [1.82, 2.24) is 0 Å². The van der Waals surface area contributed by atoms with Gasteiger partial charge >= 0.3 is 0 Å². The van der Waals surface area contributed by atoms with Gasteiger partial charge in [0, 0.05) is 5.56 Å². The predicted molar refractivity (Wildman–Crippen MR) is 62.0 cm³/mol. The van der Waals surface area contributed by atoms with Crippen molar-refractivity contribution in [1.29, 1.82) is 0 Å². The van der Waals surface area contributed by atoms with Gasteiger partial charge in [-0.25, -0.2) is 4.39 Å². The number of hydrogen-bond donors (Lipinski definition) is 1. The summed E-state index contributed by atoms with van der Waals surface area (Å²) in [4.78, 5) is 0. The van der Waals surface area contributed by atoms with E-state index in [1.807, 2.05) is 0 Å². The molecule has 0 aliphatic rings. The number of rotatable bonds is 5. The second-order valence-corrected chi connectivity index (χ2v) is 4.18. The van der Waals surface area contributed by atoms with Crippen molar-refractivity contribution in [2.75, 3.05) is 6.61 Å². The summed E-state index contributed by atoms with van der Waals surface area (Å²) < 4.78 is 18.6. The number of hydrogen-bond acceptors (Lipinski definition) is 2. The summed E-state index contributed by atoms with van der Waals surface area (Å²) in [6.07, 6.45) is 0.313. The Morgan fingerprint density at radius 3 is 2.62 bits per heavy atom. The molecule has 0 aliphatic carbocycles. The van der Waals surface area contributed by atoms with Crippen molar-refractivity contribution < 1.29 is 14.2 Å². The molecule has 1 N–H and O–H groups in total. The molecular weight excluding hydrogens is 207 g/mol. The van der Waals surface area contributed by atoms with Gasteiger partial charge < -0.3 is 9.84 Å². The predicted octanol–water partition coefficient (Wildman–Crippen LogP) is 3.30. The van der Waals surface area contributed by atoms with Crippen LogP contribution in [-0.2, 0) is 0 Å². The first-order chi connectivity index (χ1) is 7.54. The first kappa shape index (κ1) is 13.0. The van der Waals surface area contributed by atoms with E-state index in [0.717, 1.165) is 6.42 Å². The van der Waals surface area contributed by atoms with Crippen molar-refractivity contribution >= 4 is 0 Å². The third kappa shape index (κ3) is 3.49. The molecule has 1 rings (SSSR count). The quantitative estimate of drug-likeness (QED) is 0.834. The monoisotopic (exact) mass is 226 g/mol. The normalized spacial score (nSPS) is 14.6. The van der Waals surface area contributed by atoms with E-state index in [0.29, 0.717) is 23.8 Å². The van der Waals surface area contributed by atoms with Crippen molar-refractivity contribution in [2.45, 2.75) is 33.3 Å². The lowest BCUT2D eigenvalue weighted by Gasteiger charge is -2.15. The molecule has 0 amide bonds. The van der Waals surface area contributed by atoms with E-state index in [2.05, 4.69) is 13.8 Å². The zero-order valence-corrected chi connectivity index (χ0v) is 10.0. The lowest BCUT2D eigenvalue weighted by Crippen LogP contribution is -2.09. The molecule has 1 aromatic carbocycles. The molecule has 0 spiro atoms. The molecule has 3 heteroatoms. The Bertz CT molecular complexity index is 337. The highest BCUT2D eigenvalue weighted by Gasteiger charge is 2.11.